The maximum Gasteiger partial charge on any atom is 0.282 e. The fourth-order valence-electron chi connectivity index (χ4n) is 3.04. The van der Waals surface area contributed by atoms with Gasteiger partial charge in [0.2, 0.25) is 0 Å². The van der Waals surface area contributed by atoms with Crippen molar-refractivity contribution >= 4 is 11.6 Å². The van der Waals surface area contributed by atoms with Gasteiger partial charge in [-0.25, -0.2) is 4.39 Å². The topological polar surface area (TPSA) is 57.3 Å². The monoisotopic (exact) mass is 338 g/mol. The van der Waals surface area contributed by atoms with E-state index in [9.17, 15) is 9.18 Å². The van der Waals surface area contributed by atoms with E-state index in [1.54, 1.807) is 36.4 Å². The van der Waals surface area contributed by atoms with Crippen molar-refractivity contribution in [3.63, 3.8) is 0 Å². The molecular formula is C20H21FN3O+. The molecule has 2 N–H and O–H groups in total. The molecule has 1 aliphatic carbocycles. The molecule has 128 valence electrons. The van der Waals surface area contributed by atoms with Gasteiger partial charge in [-0.3, -0.25) is 4.79 Å². The molecule has 1 unspecified atom stereocenters. The van der Waals surface area contributed by atoms with Crippen LogP contribution in [0.2, 0.25) is 0 Å². The van der Waals surface area contributed by atoms with E-state index in [1.807, 2.05) is 6.92 Å². The summed E-state index contributed by atoms with van der Waals surface area (Å²) < 4.78 is 13.1. The molecule has 0 heterocycles. The molecule has 0 spiro atoms. The Bertz CT molecular complexity index is 793. The maximum atomic E-state index is 13.1. The molecule has 25 heavy (non-hydrogen) atoms. The van der Waals surface area contributed by atoms with Crippen LogP contribution in [0.4, 0.5) is 10.1 Å². The third-order valence-electron chi connectivity index (χ3n) is 4.68. The first kappa shape index (κ1) is 17.1. The first-order valence-corrected chi connectivity index (χ1v) is 8.48. The second kappa shape index (κ2) is 7.45. The molecule has 0 bridgehead atoms. The molecule has 0 aromatic heterocycles. The van der Waals surface area contributed by atoms with Crippen LogP contribution in [0.5, 0.6) is 0 Å². The summed E-state index contributed by atoms with van der Waals surface area (Å²) in [5.74, 6) is -0.359. The highest BCUT2D eigenvalue weighted by Gasteiger charge is 2.39. The highest BCUT2D eigenvalue weighted by molar-refractivity contribution is 5.94. The molecule has 1 saturated carbocycles. The molecule has 0 saturated heterocycles. The molecular weight excluding hydrogens is 317 g/mol. The van der Waals surface area contributed by atoms with E-state index in [-0.39, 0.29) is 17.8 Å². The quantitative estimate of drug-likeness (QED) is 0.849. The lowest BCUT2D eigenvalue weighted by Crippen LogP contribution is -3.16. The van der Waals surface area contributed by atoms with Gasteiger partial charge in [0.1, 0.15) is 18.4 Å². The van der Waals surface area contributed by atoms with Gasteiger partial charge < -0.3 is 10.2 Å². The van der Waals surface area contributed by atoms with Crippen molar-refractivity contribution in [2.24, 2.45) is 0 Å². The third kappa shape index (κ3) is 4.23. The highest BCUT2D eigenvalue weighted by Crippen LogP contribution is 2.18. The Hall–Kier alpha value is -2.71. The summed E-state index contributed by atoms with van der Waals surface area (Å²) in [5.41, 5.74) is 2.01. The number of rotatable bonds is 6. The highest BCUT2D eigenvalue weighted by atomic mass is 19.1. The second-order valence-corrected chi connectivity index (χ2v) is 6.52. The van der Waals surface area contributed by atoms with Crippen LogP contribution in [0, 0.1) is 17.1 Å². The number of nitrogens with one attached hydrogen (secondary N) is 2. The molecule has 1 aliphatic rings. The number of nitrogens with zero attached hydrogens (tertiary/aromatic N) is 1. The number of hydrogen-bond donors (Lipinski definition) is 2. The van der Waals surface area contributed by atoms with E-state index in [1.165, 1.54) is 17.0 Å². The lowest BCUT2D eigenvalue weighted by molar-refractivity contribution is -0.938. The summed E-state index contributed by atoms with van der Waals surface area (Å²) in [6.07, 6.45) is 2.20. The zero-order valence-electron chi connectivity index (χ0n) is 14.1. The smallest absolute Gasteiger partial charge is 0.282 e. The minimum atomic E-state index is -0.260. The molecule has 2 atom stereocenters. The van der Waals surface area contributed by atoms with Gasteiger partial charge in [0.15, 0.2) is 6.04 Å². The molecule has 1 fully saturated rings. The van der Waals surface area contributed by atoms with Crippen molar-refractivity contribution in [2.75, 3.05) is 5.32 Å². The van der Waals surface area contributed by atoms with Crippen LogP contribution in [0.3, 0.4) is 0 Å². The van der Waals surface area contributed by atoms with Gasteiger partial charge in [-0.15, -0.1) is 0 Å². The van der Waals surface area contributed by atoms with E-state index >= 15 is 0 Å². The van der Waals surface area contributed by atoms with Crippen molar-refractivity contribution in [1.29, 1.82) is 5.26 Å². The molecule has 1 amide bonds. The Balaban J connectivity index is 1.72. The molecule has 5 heteroatoms. The summed E-state index contributed by atoms with van der Waals surface area (Å²) in [6, 6.07) is 15.7. The van der Waals surface area contributed by atoms with Gasteiger partial charge in [0.05, 0.1) is 17.3 Å². The first-order valence-electron chi connectivity index (χ1n) is 8.48. The second-order valence-electron chi connectivity index (χ2n) is 6.52. The fraction of sp³-hybridized carbons (Fsp3) is 0.300. The van der Waals surface area contributed by atoms with Crippen LogP contribution in [-0.4, -0.2) is 18.0 Å². The number of anilines is 1. The van der Waals surface area contributed by atoms with Crippen LogP contribution < -0.4 is 10.2 Å². The van der Waals surface area contributed by atoms with Crippen LogP contribution in [0.25, 0.3) is 0 Å². The third-order valence-corrected chi connectivity index (χ3v) is 4.68. The zero-order chi connectivity index (χ0) is 17.8. The Labute approximate surface area is 146 Å². The largest absolute Gasteiger partial charge is 0.320 e. The molecule has 3 rings (SSSR count). The summed E-state index contributed by atoms with van der Waals surface area (Å²) in [5, 5.41) is 12.0. The number of nitriles is 1. The maximum absolute atomic E-state index is 13.1. The van der Waals surface area contributed by atoms with Crippen molar-refractivity contribution in [3.05, 3.63) is 65.5 Å². The predicted molar refractivity (Wildman–Crippen MR) is 93.3 cm³/mol. The number of amides is 1. The SMILES string of the molecule is C[C@H](C(=O)Nc1ccccc1C#N)[NH+](Cc1ccc(F)cc1)C1CC1. The van der Waals surface area contributed by atoms with Crippen LogP contribution in [-0.2, 0) is 11.3 Å². The fourth-order valence-corrected chi connectivity index (χ4v) is 3.04. The lowest BCUT2D eigenvalue weighted by atomic mass is 10.1. The first-order chi connectivity index (χ1) is 12.1. The molecule has 2 aromatic rings. The number of carbonyl (C=O) groups is 1. The normalized spacial score (nSPS) is 15.9. The number of quaternary nitrogens is 1. The van der Waals surface area contributed by atoms with E-state index in [0.29, 0.717) is 23.8 Å². The van der Waals surface area contributed by atoms with Gasteiger partial charge in [-0.05, 0) is 31.2 Å². The van der Waals surface area contributed by atoms with Crippen molar-refractivity contribution in [3.8, 4) is 6.07 Å². The van der Waals surface area contributed by atoms with E-state index in [4.69, 9.17) is 5.26 Å². The van der Waals surface area contributed by atoms with Crippen molar-refractivity contribution in [2.45, 2.75) is 38.4 Å². The molecule has 0 aliphatic heterocycles. The number of hydrogen-bond acceptors (Lipinski definition) is 2. The minimum Gasteiger partial charge on any atom is -0.320 e. The average Bonchev–Trinajstić information content (AvgIpc) is 3.46. The zero-order valence-corrected chi connectivity index (χ0v) is 14.1. The number of para-hydroxylation sites is 1. The number of carbonyl (C=O) groups excluding carboxylic acids is 1. The summed E-state index contributed by atoms with van der Waals surface area (Å²) in [4.78, 5) is 13.9. The Morgan fingerprint density at radius 2 is 1.96 bits per heavy atom. The van der Waals surface area contributed by atoms with Gasteiger partial charge in [-0.1, -0.05) is 24.3 Å². The molecule has 4 nitrogen and oxygen atoms in total. The van der Waals surface area contributed by atoms with Crippen molar-refractivity contribution < 1.29 is 14.1 Å². The average molecular weight is 338 g/mol. The lowest BCUT2D eigenvalue weighted by Gasteiger charge is -2.25. The van der Waals surface area contributed by atoms with Crippen molar-refractivity contribution in [1.82, 2.24) is 0 Å². The van der Waals surface area contributed by atoms with Crippen LogP contribution in [0.1, 0.15) is 30.9 Å². The van der Waals surface area contributed by atoms with Gasteiger partial charge in [-0.2, -0.15) is 5.26 Å². The van der Waals surface area contributed by atoms with E-state index in [0.717, 1.165) is 18.4 Å². The predicted octanol–water partition coefficient (Wildman–Crippen LogP) is 2.27. The summed E-state index contributed by atoms with van der Waals surface area (Å²) >= 11 is 0. The summed E-state index contributed by atoms with van der Waals surface area (Å²) in [7, 11) is 0. The Morgan fingerprint density at radius 3 is 2.60 bits per heavy atom. The minimum absolute atomic E-state index is 0.105. The molecule has 0 radical (unpaired) electrons. The molecule has 2 aromatic carbocycles. The van der Waals surface area contributed by atoms with Gasteiger partial charge in [0, 0.05) is 18.4 Å². The van der Waals surface area contributed by atoms with Gasteiger partial charge >= 0.3 is 0 Å². The standard InChI is InChI=1S/C20H20FN3O/c1-14(20(25)23-19-5-3-2-4-16(19)12-22)24(18-10-11-18)13-15-6-8-17(21)9-7-15/h2-9,14,18H,10-11,13H2,1H3,(H,23,25)/p+1/t14-/m1/s1. The van der Waals surface area contributed by atoms with Crippen LogP contribution in [0.15, 0.2) is 48.5 Å². The number of halogens is 1. The van der Waals surface area contributed by atoms with E-state index < -0.39 is 0 Å². The Kier molecular flexibility index (Phi) is 5.11. The summed E-state index contributed by atoms with van der Waals surface area (Å²) in [6.45, 7) is 2.58. The Morgan fingerprint density at radius 1 is 1.28 bits per heavy atom. The van der Waals surface area contributed by atoms with Crippen LogP contribution >= 0.6 is 0 Å². The van der Waals surface area contributed by atoms with Gasteiger partial charge in [0.25, 0.3) is 5.91 Å². The number of benzene rings is 2. The van der Waals surface area contributed by atoms with E-state index in [2.05, 4.69) is 11.4 Å².